The van der Waals surface area contributed by atoms with Crippen LogP contribution in [0.4, 0.5) is 0 Å². The van der Waals surface area contributed by atoms with Crippen LogP contribution in [-0.4, -0.2) is 90.4 Å². The first-order valence-corrected chi connectivity index (χ1v) is 11.7. The molecule has 1 aliphatic carbocycles. The van der Waals surface area contributed by atoms with Gasteiger partial charge >= 0.3 is 0 Å². The van der Waals surface area contributed by atoms with Gasteiger partial charge in [0, 0.05) is 38.3 Å². The van der Waals surface area contributed by atoms with Crippen LogP contribution >= 0.6 is 0 Å². The normalized spacial score (nSPS) is 25.0. The number of piperazine rings is 1. The van der Waals surface area contributed by atoms with Crippen molar-refractivity contribution in [3.8, 4) is 0 Å². The SMILES string of the molecule is CC(C)N1CCC(N2CCN(C(=O)C(C)(C)S(=O)(=O)C3CC3)CC2)CC1. The number of likely N-dealkylation sites (tertiary alicyclic amines) is 1. The molecule has 0 aromatic heterocycles. The summed E-state index contributed by atoms with van der Waals surface area (Å²) >= 11 is 0. The fourth-order valence-corrected chi connectivity index (χ4v) is 6.32. The Bertz CT molecular complexity index is 612. The van der Waals surface area contributed by atoms with Crippen molar-refractivity contribution < 1.29 is 13.2 Å². The Balaban J connectivity index is 1.53. The van der Waals surface area contributed by atoms with E-state index in [2.05, 4.69) is 23.6 Å². The predicted molar refractivity (Wildman–Crippen MR) is 104 cm³/mol. The molecule has 1 amide bonds. The molecule has 3 rings (SSSR count). The topological polar surface area (TPSA) is 60.9 Å². The van der Waals surface area contributed by atoms with Crippen LogP contribution in [0.25, 0.3) is 0 Å². The summed E-state index contributed by atoms with van der Waals surface area (Å²) in [5.74, 6) is -0.210. The van der Waals surface area contributed by atoms with E-state index in [0.717, 1.165) is 26.2 Å². The lowest BCUT2D eigenvalue weighted by atomic mass is 10.0. The van der Waals surface area contributed by atoms with E-state index in [0.29, 0.717) is 38.0 Å². The van der Waals surface area contributed by atoms with Crippen LogP contribution in [0.2, 0.25) is 0 Å². The minimum atomic E-state index is -3.37. The van der Waals surface area contributed by atoms with Crippen molar-refractivity contribution in [3.05, 3.63) is 0 Å². The van der Waals surface area contributed by atoms with Crippen molar-refractivity contribution in [2.75, 3.05) is 39.3 Å². The Labute approximate surface area is 158 Å². The molecule has 26 heavy (non-hydrogen) atoms. The second-order valence-corrected chi connectivity index (χ2v) is 11.7. The van der Waals surface area contributed by atoms with E-state index in [-0.39, 0.29) is 11.2 Å². The molecular weight excluding hydrogens is 350 g/mol. The smallest absolute Gasteiger partial charge is 0.243 e. The Kier molecular flexibility index (Phi) is 5.71. The molecule has 0 aromatic rings. The molecule has 0 N–H and O–H groups in total. The molecule has 0 bridgehead atoms. The highest BCUT2D eigenvalue weighted by Crippen LogP contribution is 2.37. The van der Waals surface area contributed by atoms with Crippen molar-refractivity contribution in [1.29, 1.82) is 0 Å². The summed E-state index contributed by atoms with van der Waals surface area (Å²) in [6, 6.07) is 1.21. The van der Waals surface area contributed by atoms with Crippen molar-refractivity contribution in [2.45, 2.75) is 75.5 Å². The highest BCUT2D eigenvalue weighted by molar-refractivity contribution is 7.94. The summed E-state index contributed by atoms with van der Waals surface area (Å²) in [5, 5.41) is -0.297. The van der Waals surface area contributed by atoms with Gasteiger partial charge in [0.1, 0.15) is 4.75 Å². The Morgan fingerprint density at radius 1 is 0.923 bits per heavy atom. The monoisotopic (exact) mass is 385 g/mol. The van der Waals surface area contributed by atoms with Crippen LogP contribution in [0.3, 0.4) is 0 Å². The summed E-state index contributed by atoms with van der Waals surface area (Å²) in [5.41, 5.74) is 0. The van der Waals surface area contributed by atoms with E-state index in [9.17, 15) is 13.2 Å². The molecule has 3 aliphatic rings. The lowest BCUT2D eigenvalue weighted by molar-refractivity contribution is -0.135. The minimum Gasteiger partial charge on any atom is -0.339 e. The Morgan fingerprint density at radius 2 is 1.46 bits per heavy atom. The van der Waals surface area contributed by atoms with Crippen LogP contribution in [-0.2, 0) is 14.6 Å². The summed E-state index contributed by atoms with van der Waals surface area (Å²) in [7, 11) is -3.37. The van der Waals surface area contributed by atoms with Crippen molar-refractivity contribution in [3.63, 3.8) is 0 Å². The number of hydrogen-bond donors (Lipinski definition) is 0. The van der Waals surface area contributed by atoms with Crippen LogP contribution in [0.15, 0.2) is 0 Å². The van der Waals surface area contributed by atoms with Crippen LogP contribution in [0.5, 0.6) is 0 Å². The van der Waals surface area contributed by atoms with Gasteiger partial charge in [-0.3, -0.25) is 9.69 Å². The Morgan fingerprint density at radius 3 is 1.92 bits per heavy atom. The van der Waals surface area contributed by atoms with Gasteiger partial charge < -0.3 is 9.80 Å². The van der Waals surface area contributed by atoms with E-state index in [1.54, 1.807) is 18.7 Å². The number of rotatable bonds is 5. The molecular formula is C19H35N3O3S. The third-order valence-corrected chi connectivity index (χ3v) is 9.48. The lowest BCUT2D eigenvalue weighted by Gasteiger charge is -2.44. The molecule has 0 radical (unpaired) electrons. The zero-order valence-corrected chi connectivity index (χ0v) is 17.6. The molecule has 0 aromatic carbocycles. The van der Waals surface area contributed by atoms with Gasteiger partial charge in [-0.05, 0) is 66.5 Å². The van der Waals surface area contributed by atoms with E-state index in [1.165, 1.54) is 12.8 Å². The van der Waals surface area contributed by atoms with E-state index < -0.39 is 14.6 Å². The molecule has 7 heteroatoms. The molecule has 3 fully saturated rings. The Hall–Kier alpha value is -0.660. The van der Waals surface area contributed by atoms with Gasteiger partial charge in [0.05, 0.1) is 5.25 Å². The molecule has 1 saturated carbocycles. The molecule has 0 atom stereocenters. The van der Waals surface area contributed by atoms with Crippen molar-refractivity contribution in [1.82, 2.24) is 14.7 Å². The van der Waals surface area contributed by atoms with Gasteiger partial charge in [0.2, 0.25) is 5.91 Å². The number of hydrogen-bond acceptors (Lipinski definition) is 5. The number of carbonyl (C=O) groups is 1. The largest absolute Gasteiger partial charge is 0.339 e. The van der Waals surface area contributed by atoms with Crippen LogP contribution in [0.1, 0.15) is 53.4 Å². The number of amides is 1. The summed E-state index contributed by atoms with van der Waals surface area (Å²) in [6.45, 7) is 13.0. The van der Waals surface area contributed by atoms with Gasteiger partial charge in [0.25, 0.3) is 0 Å². The predicted octanol–water partition coefficient (Wildman–Crippen LogP) is 1.36. The average molecular weight is 386 g/mol. The van der Waals surface area contributed by atoms with E-state index in [4.69, 9.17) is 0 Å². The number of nitrogens with zero attached hydrogens (tertiary/aromatic N) is 3. The average Bonchev–Trinajstić information content (AvgIpc) is 3.46. The molecule has 2 saturated heterocycles. The van der Waals surface area contributed by atoms with Gasteiger partial charge in [-0.2, -0.15) is 0 Å². The lowest BCUT2D eigenvalue weighted by Crippen LogP contribution is -2.59. The van der Waals surface area contributed by atoms with Gasteiger partial charge in [-0.1, -0.05) is 0 Å². The number of carbonyl (C=O) groups excluding carboxylic acids is 1. The quantitative estimate of drug-likeness (QED) is 0.715. The van der Waals surface area contributed by atoms with Crippen LogP contribution in [0, 0.1) is 0 Å². The van der Waals surface area contributed by atoms with Crippen molar-refractivity contribution >= 4 is 15.7 Å². The standard InChI is InChI=1S/C19H35N3O3S/c1-15(2)20-9-7-16(8-10-20)21-11-13-22(14-12-21)18(23)19(3,4)26(24,25)17-5-6-17/h15-17H,5-14H2,1-4H3. The third-order valence-electron chi connectivity index (χ3n) is 6.54. The third kappa shape index (κ3) is 3.80. The van der Waals surface area contributed by atoms with E-state index in [1.807, 2.05) is 0 Å². The van der Waals surface area contributed by atoms with Crippen molar-refractivity contribution in [2.24, 2.45) is 0 Å². The zero-order valence-electron chi connectivity index (χ0n) is 16.8. The second-order valence-electron chi connectivity index (χ2n) is 8.94. The van der Waals surface area contributed by atoms with E-state index >= 15 is 0 Å². The highest BCUT2D eigenvalue weighted by atomic mass is 32.2. The molecule has 2 heterocycles. The minimum absolute atomic E-state index is 0.210. The maximum Gasteiger partial charge on any atom is 0.243 e. The summed E-state index contributed by atoms with van der Waals surface area (Å²) in [4.78, 5) is 19.7. The first kappa shape index (κ1) is 20.1. The summed E-state index contributed by atoms with van der Waals surface area (Å²) < 4.78 is 24.0. The molecule has 6 nitrogen and oxygen atoms in total. The molecule has 150 valence electrons. The molecule has 0 unspecified atom stereocenters. The maximum absolute atomic E-state index is 12.9. The fourth-order valence-electron chi connectivity index (χ4n) is 4.36. The van der Waals surface area contributed by atoms with Gasteiger partial charge in [-0.25, -0.2) is 8.42 Å². The summed E-state index contributed by atoms with van der Waals surface area (Å²) in [6.07, 6.45) is 3.80. The zero-order chi connectivity index (χ0) is 19.1. The first-order valence-electron chi connectivity index (χ1n) is 10.2. The molecule has 2 aliphatic heterocycles. The highest BCUT2D eigenvalue weighted by Gasteiger charge is 2.51. The number of sulfone groups is 1. The second kappa shape index (κ2) is 7.40. The number of piperidine rings is 1. The first-order chi connectivity index (χ1) is 12.1. The van der Waals surface area contributed by atoms with Gasteiger partial charge in [0.15, 0.2) is 9.84 Å². The maximum atomic E-state index is 12.9. The van der Waals surface area contributed by atoms with Crippen LogP contribution < -0.4 is 0 Å². The molecule has 0 spiro atoms. The van der Waals surface area contributed by atoms with Gasteiger partial charge in [-0.15, -0.1) is 0 Å². The fraction of sp³-hybridized carbons (Fsp3) is 0.947.